The van der Waals surface area contributed by atoms with Gasteiger partial charge in [-0.2, -0.15) is 0 Å². The summed E-state index contributed by atoms with van der Waals surface area (Å²) in [5.74, 6) is 0.698. The van der Waals surface area contributed by atoms with Gasteiger partial charge >= 0.3 is 0 Å². The van der Waals surface area contributed by atoms with Crippen LogP contribution in [-0.2, 0) is 6.54 Å². The van der Waals surface area contributed by atoms with Gasteiger partial charge in [0.15, 0.2) is 0 Å². The number of hydrogen-bond donors (Lipinski definition) is 0. The molecule has 0 fully saturated rings. The maximum Gasteiger partial charge on any atom is 0.269 e. The molecule has 6 heteroatoms. The number of nitro benzene ring substituents is 1. The second-order valence-corrected chi connectivity index (χ2v) is 6.23. The summed E-state index contributed by atoms with van der Waals surface area (Å²) < 4.78 is 7.74. The largest absolute Gasteiger partial charge is 0.494 e. The third-order valence-corrected chi connectivity index (χ3v) is 4.19. The van der Waals surface area contributed by atoms with Gasteiger partial charge in [0, 0.05) is 31.1 Å². The second-order valence-electron chi connectivity index (χ2n) is 6.23. The van der Waals surface area contributed by atoms with E-state index in [0.717, 1.165) is 13.0 Å². The van der Waals surface area contributed by atoms with E-state index in [4.69, 9.17) is 4.74 Å². The van der Waals surface area contributed by atoms with Crippen molar-refractivity contribution in [2.45, 2.75) is 57.9 Å². The molecular weight excluding hydrogens is 318 g/mol. The first-order valence-corrected chi connectivity index (χ1v) is 9.09. The number of rotatable bonds is 13. The quantitative estimate of drug-likeness (QED) is 0.291. The summed E-state index contributed by atoms with van der Waals surface area (Å²) in [4.78, 5) is 14.2. The van der Waals surface area contributed by atoms with E-state index in [2.05, 4.69) is 9.55 Å². The van der Waals surface area contributed by atoms with Crippen LogP contribution in [0, 0.1) is 10.1 Å². The number of aryl methyl sites for hydroxylation is 1. The van der Waals surface area contributed by atoms with E-state index in [0.29, 0.717) is 12.4 Å². The Morgan fingerprint density at radius 2 is 1.60 bits per heavy atom. The van der Waals surface area contributed by atoms with E-state index in [1.165, 1.54) is 57.1 Å². The molecule has 0 aliphatic carbocycles. The molecule has 1 aromatic heterocycles. The molecule has 0 aliphatic rings. The highest BCUT2D eigenvalue weighted by molar-refractivity contribution is 5.35. The van der Waals surface area contributed by atoms with Crippen LogP contribution in [0.5, 0.6) is 5.75 Å². The molecule has 0 bridgehead atoms. The molecule has 0 radical (unpaired) electrons. The lowest BCUT2D eigenvalue weighted by Crippen LogP contribution is -1.97. The Hall–Kier alpha value is -2.37. The van der Waals surface area contributed by atoms with E-state index >= 15 is 0 Å². The predicted molar refractivity (Wildman–Crippen MR) is 97.8 cm³/mol. The number of nitrogens with zero attached hydrogens (tertiary/aromatic N) is 3. The summed E-state index contributed by atoms with van der Waals surface area (Å²) in [6, 6.07) is 6.26. The molecule has 0 unspecified atom stereocenters. The molecule has 0 atom stereocenters. The number of aromatic nitrogens is 2. The van der Waals surface area contributed by atoms with Crippen LogP contribution in [0.1, 0.15) is 51.4 Å². The molecule has 0 saturated heterocycles. The number of imidazole rings is 1. The smallest absolute Gasteiger partial charge is 0.269 e. The lowest BCUT2D eigenvalue weighted by atomic mass is 10.1. The zero-order valence-corrected chi connectivity index (χ0v) is 14.7. The van der Waals surface area contributed by atoms with Gasteiger partial charge in [-0.15, -0.1) is 0 Å². The Kier molecular flexibility index (Phi) is 8.52. The topological polar surface area (TPSA) is 70.2 Å². The van der Waals surface area contributed by atoms with Gasteiger partial charge in [-0.05, 0) is 25.0 Å². The summed E-state index contributed by atoms with van der Waals surface area (Å²) in [6.07, 6.45) is 15.5. The van der Waals surface area contributed by atoms with E-state index in [-0.39, 0.29) is 5.69 Å². The molecule has 25 heavy (non-hydrogen) atoms. The highest BCUT2D eigenvalue weighted by Gasteiger charge is 2.04. The Bertz CT molecular complexity index is 597. The molecule has 6 nitrogen and oxygen atoms in total. The number of ether oxygens (including phenoxy) is 1. The summed E-state index contributed by atoms with van der Waals surface area (Å²) in [5, 5.41) is 10.6. The molecule has 0 saturated carbocycles. The first kappa shape index (κ1) is 19.0. The van der Waals surface area contributed by atoms with Crippen molar-refractivity contribution in [2.24, 2.45) is 0 Å². The normalized spacial score (nSPS) is 10.7. The summed E-state index contributed by atoms with van der Waals surface area (Å²) in [7, 11) is 0. The number of unbranched alkanes of at least 4 members (excludes halogenated alkanes) is 7. The Morgan fingerprint density at radius 3 is 2.20 bits per heavy atom. The standard InChI is InChI=1S/C19H27N3O3/c23-22(24)18-9-11-19(12-10-18)25-16-8-6-4-2-1-3-5-7-14-21-15-13-20-17-21/h9-13,15,17H,1-8,14,16H2. The molecule has 0 amide bonds. The van der Waals surface area contributed by atoms with Crippen LogP contribution in [0.25, 0.3) is 0 Å². The SMILES string of the molecule is O=[N+]([O-])c1ccc(OCCCCCCCCCCn2ccnc2)cc1. The molecule has 136 valence electrons. The van der Waals surface area contributed by atoms with Crippen molar-refractivity contribution in [2.75, 3.05) is 6.61 Å². The van der Waals surface area contributed by atoms with E-state index < -0.39 is 4.92 Å². The average Bonchev–Trinajstić information content (AvgIpc) is 3.13. The van der Waals surface area contributed by atoms with Crippen molar-refractivity contribution in [3.63, 3.8) is 0 Å². The highest BCUT2D eigenvalue weighted by Crippen LogP contribution is 2.17. The molecule has 0 spiro atoms. The van der Waals surface area contributed by atoms with Gasteiger partial charge < -0.3 is 9.30 Å². The predicted octanol–water partition coefficient (Wildman–Crippen LogP) is 4.99. The zero-order valence-electron chi connectivity index (χ0n) is 14.7. The van der Waals surface area contributed by atoms with E-state index in [9.17, 15) is 10.1 Å². The van der Waals surface area contributed by atoms with Gasteiger partial charge in [0.25, 0.3) is 5.69 Å². The first-order chi connectivity index (χ1) is 12.3. The van der Waals surface area contributed by atoms with Crippen molar-refractivity contribution >= 4 is 5.69 Å². The van der Waals surface area contributed by atoms with Crippen molar-refractivity contribution in [1.82, 2.24) is 9.55 Å². The van der Waals surface area contributed by atoms with E-state index in [1.807, 2.05) is 18.7 Å². The van der Waals surface area contributed by atoms with Gasteiger partial charge in [-0.1, -0.05) is 38.5 Å². The average molecular weight is 345 g/mol. The monoisotopic (exact) mass is 345 g/mol. The molecule has 1 aromatic carbocycles. The van der Waals surface area contributed by atoms with Crippen LogP contribution in [-0.4, -0.2) is 21.1 Å². The summed E-state index contributed by atoms with van der Waals surface area (Å²) >= 11 is 0. The molecule has 2 aromatic rings. The van der Waals surface area contributed by atoms with Gasteiger partial charge in [0.2, 0.25) is 0 Å². The molecule has 0 aliphatic heterocycles. The maximum absolute atomic E-state index is 10.6. The van der Waals surface area contributed by atoms with Crippen LogP contribution < -0.4 is 4.74 Å². The highest BCUT2D eigenvalue weighted by atomic mass is 16.6. The number of benzene rings is 1. The molecule has 1 heterocycles. The van der Waals surface area contributed by atoms with Crippen molar-refractivity contribution in [3.05, 3.63) is 53.1 Å². The minimum Gasteiger partial charge on any atom is -0.494 e. The zero-order chi connectivity index (χ0) is 17.7. The number of non-ortho nitro benzene ring substituents is 1. The Morgan fingerprint density at radius 1 is 0.960 bits per heavy atom. The fourth-order valence-electron chi connectivity index (χ4n) is 2.73. The van der Waals surface area contributed by atoms with Crippen LogP contribution in [0.2, 0.25) is 0 Å². The van der Waals surface area contributed by atoms with Crippen molar-refractivity contribution < 1.29 is 9.66 Å². The lowest BCUT2D eigenvalue weighted by Gasteiger charge is -2.06. The minimum atomic E-state index is -0.401. The minimum absolute atomic E-state index is 0.0948. The van der Waals surface area contributed by atoms with Gasteiger partial charge in [-0.25, -0.2) is 4.98 Å². The summed E-state index contributed by atoms with van der Waals surface area (Å²) in [6.45, 7) is 1.74. The first-order valence-electron chi connectivity index (χ1n) is 9.09. The third-order valence-electron chi connectivity index (χ3n) is 4.19. The maximum atomic E-state index is 10.6. The lowest BCUT2D eigenvalue weighted by molar-refractivity contribution is -0.384. The van der Waals surface area contributed by atoms with Crippen molar-refractivity contribution in [3.8, 4) is 5.75 Å². The van der Waals surface area contributed by atoms with Crippen molar-refractivity contribution in [1.29, 1.82) is 0 Å². The van der Waals surface area contributed by atoms with E-state index in [1.54, 1.807) is 12.1 Å². The van der Waals surface area contributed by atoms with Gasteiger partial charge in [0.05, 0.1) is 17.9 Å². The molecule has 0 N–H and O–H groups in total. The van der Waals surface area contributed by atoms with Crippen LogP contribution >= 0.6 is 0 Å². The Balaban J connectivity index is 1.39. The van der Waals surface area contributed by atoms with Crippen LogP contribution in [0.3, 0.4) is 0 Å². The number of nitro groups is 1. The fourth-order valence-corrected chi connectivity index (χ4v) is 2.73. The number of hydrogen-bond acceptors (Lipinski definition) is 4. The van der Waals surface area contributed by atoms with Crippen LogP contribution in [0.15, 0.2) is 43.0 Å². The fraction of sp³-hybridized carbons (Fsp3) is 0.526. The molecule has 2 rings (SSSR count). The van der Waals surface area contributed by atoms with Crippen LogP contribution in [0.4, 0.5) is 5.69 Å². The summed E-state index contributed by atoms with van der Waals surface area (Å²) in [5.41, 5.74) is 0.0948. The van der Waals surface area contributed by atoms with Gasteiger partial charge in [-0.3, -0.25) is 10.1 Å². The second kappa shape index (κ2) is 11.2. The molecular formula is C19H27N3O3. The third kappa shape index (κ3) is 7.83. The van der Waals surface area contributed by atoms with Gasteiger partial charge in [0.1, 0.15) is 5.75 Å². The Labute approximate surface area is 149 Å².